The Morgan fingerprint density at radius 3 is 2.34 bits per heavy atom. The molecule has 0 aromatic heterocycles. The molecule has 4 rings (SSSR count). The molecule has 0 atom stereocenters. The van der Waals surface area contributed by atoms with E-state index >= 15 is 0 Å². The summed E-state index contributed by atoms with van der Waals surface area (Å²) in [5.74, 6) is 0.0471. The average Bonchev–Trinajstić information content (AvgIpc) is 2.83. The smallest absolute Gasteiger partial charge is 0.260 e. The van der Waals surface area contributed by atoms with Gasteiger partial charge in [-0.05, 0) is 48.9 Å². The molecule has 1 aliphatic rings. The maximum absolute atomic E-state index is 12.7. The molecule has 1 N–H and O–H groups in total. The second-order valence-electron chi connectivity index (χ2n) is 7.81. The highest BCUT2D eigenvalue weighted by Crippen LogP contribution is 2.21. The lowest BCUT2D eigenvalue weighted by molar-refractivity contribution is -0.133. The minimum atomic E-state index is -0.272. The van der Waals surface area contributed by atoms with Gasteiger partial charge in [-0.1, -0.05) is 42.5 Å². The Labute approximate surface area is 188 Å². The third kappa shape index (κ3) is 5.27. The number of para-hydroxylation sites is 2. The van der Waals surface area contributed by atoms with E-state index in [0.29, 0.717) is 30.1 Å². The minimum absolute atomic E-state index is 0.0767. The topological polar surface area (TPSA) is 61.9 Å². The predicted molar refractivity (Wildman–Crippen MR) is 126 cm³/mol. The number of carbonyl (C=O) groups is 2. The van der Waals surface area contributed by atoms with E-state index in [9.17, 15) is 9.59 Å². The minimum Gasteiger partial charge on any atom is -0.483 e. The van der Waals surface area contributed by atoms with Crippen molar-refractivity contribution in [3.05, 3.63) is 90.0 Å². The normalized spacial score (nSPS) is 13.5. The van der Waals surface area contributed by atoms with Gasteiger partial charge in [0.15, 0.2) is 6.61 Å². The zero-order chi connectivity index (χ0) is 22.3. The molecule has 6 heteroatoms. The molecule has 0 spiro atoms. The summed E-state index contributed by atoms with van der Waals surface area (Å²) >= 11 is 0. The van der Waals surface area contributed by atoms with Crippen molar-refractivity contribution in [2.75, 3.05) is 43.0 Å². The zero-order valence-corrected chi connectivity index (χ0v) is 18.2. The third-order valence-corrected chi connectivity index (χ3v) is 5.51. The lowest BCUT2D eigenvalue weighted by Gasteiger charge is -2.36. The number of ether oxygens (including phenoxy) is 1. The van der Waals surface area contributed by atoms with Crippen LogP contribution < -0.4 is 15.0 Å². The van der Waals surface area contributed by atoms with Crippen LogP contribution in [-0.4, -0.2) is 49.5 Å². The Hall–Kier alpha value is -3.80. The summed E-state index contributed by atoms with van der Waals surface area (Å²) in [6.45, 7) is 4.84. The van der Waals surface area contributed by atoms with Crippen LogP contribution in [0.3, 0.4) is 0 Å². The maximum atomic E-state index is 12.7. The van der Waals surface area contributed by atoms with Crippen molar-refractivity contribution in [3.8, 4) is 5.75 Å². The number of nitrogens with one attached hydrogen (secondary N) is 1. The van der Waals surface area contributed by atoms with Crippen LogP contribution in [0, 0.1) is 6.92 Å². The SMILES string of the molecule is Cc1cccc(N2CCN(C(=O)COc3ccccc3C(=O)Nc3ccccc3)CC2)c1. The number of nitrogens with zero attached hydrogens (tertiary/aromatic N) is 2. The molecule has 0 aliphatic carbocycles. The predicted octanol–water partition coefficient (Wildman–Crippen LogP) is 3.97. The first kappa shape index (κ1) is 21.4. The molecule has 0 radical (unpaired) electrons. The maximum Gasteiger partial charge on any atom is 0.260 e. The van der Waals surface area contributed by atoms with Gasteiger partial charge in [0.2, 0.25) is 0 Å². The molecular formula is C26H27N3O3. The second kappa shape index (κ2) is 10.0. The number of piperazine rings is 1. The first-order valence-electron chi connectivity index (χ1n) is 10.8. The van der Waals surface area contributed by atoms with Crippen molar-refractivity contribution in [1.29, 1.82) is 0 Å². The fourth-order valence-electron chi connectivity index (χ4n) is 3.77. The van der Waals surface area contributed by atoms with Gasteiger partial charge in [-0.15, -0.1) is 0 Å². The van der Waals surface area contributed by atoms with E-state index in [1.165, 1.54) is 11.3 Å². The molecule has 3 aromatic rings. The highest BCUT2D eigenvalue weighted by atomic mass is 16.5. The molecule has 0 saturated carbocycles. The van der Waals surface area contributed by atoms with Crippen LogP contribution in [0.5, 0.6) is 5.75 Å². The summed E-state index contributed by atoms with van der Waals surface area (Å²) in [4.78, 5) is 29.5. The summed E-state index contributed by atoms with van der Waals surface area (Å²) in [6, 6.07) is 24.6. The summed E-state index contributed by atoms with van der Waals surface area (Å²) in [6.07, 6.45) is 0. The summed E-state index contributed by atoms with van der Waals surface area (Å²) < 4.78 is 5.77. The van der Waals surface area contributed by atoms with Gasteiger partial charge in [-0.3, -0.25) is 9.59 Å². The Morgan fingerprint density at radius 1 is 0.875 bits per heavy atom. The number of hydrogen-bond acceptors (Lipinski definition) is 4. The number of amides is 2. The quantitative estimate of drug-likeness (QED) is 0.644. The second-order valence-corrected chi connectivity index (χ2v) is 7.81. The Balaban J connectivity index is 1.32. The van der Waals surface area contributed by atoms with Gasteiger partial charge in [-0.2, -0.15) is 0 Å². The molecule has 1 aliphatic heterocycles. The van der Waals surface area contributed by atoms with Crippen molar-refractivity contribution in [3.63, 3.8) is 0 Å². The first-order chi connectivity index (χ1) is 15.6. The van der Waals surface area contributed by atoms with Crippen molar-refractivity contribution in [2.45, 2.75) is 6.92 Å². The van der Waals surface area contributed by atoms with Crippen LogP contribution in [0.1, 0.15) is 15.9 Å². The highest BCUT2D eigenvalue weighted by Gasteiger charge is 2.22. The van der Waals surface area contributed by atoms with Gasteiger partial charge in [0.1, 0.15) is 5.75 Å². The number of aryl methyl sites for hydroxylation is 1. The van der Waals surface area contributed by atoms with Crippen molar-refractivity contribution < 1.29 is 14.3 Å². The van der Waals surface area contributed by atoms with E-state index in [-0.39, 0.29) is 18.4 Å². The molecule has 0 unspecified atom stereocenters. The van der Waals surface area contributed by atoms with Gasteiger partial charge in [0.05, 0.1) is 5.56 Å². The number of hydrogen-bond donors (Lipinski definition) is 1. The van der Waals surface area contributed by atoms with Gasteiger partial charge < -0.3 is 19.9 Å². The molecule has 164 valence electrons. The molecule has 0 bridgehead atoms. The molecule has 1 saturated heterocycles. The number of rotatable bonds is 6. The first-order valence-corrected chi connectivity index (χ1v) is 10.8. The summed E-state index contributed by atoms with van der Waals surface area (Å²) in [5.41, 5.74) is 3.51. The number of anilines is 2. The average molecular weight is 430 g/mol. The van der Waals surface area contributed by atoms with Crippen LogP contribution in [0.15, 0.2) is 78.9 Å². The molecule has 1 heterocycles. The Kier molecular flexibility index (Phi) is 6.70. The molecule has 2 amide bonds. The van der Waals surface area contributed by atoms with Crippen LogP contribution in [0.2, 0.25) is 0 Å². The van der Waals surface area contributed by atoms with Crippen molar-refractivity contribution in [1.82, 2.24) is 4.90 Å². The lowest BCUT2D eigenvalue weighted by atomic mass is 10.2. The van der Waals surface area contributed by atoms with Crippen molar-refractivity contribution in [2.24, 2.45) is 0 Å². The van der Waals surface area contributed by atoms with Crippen LogP contribution in [0.4, 0.5) is 11.4 Å². The summed E-state index contributed by atoms with van der Waals surface area (Å²) in [7, 11) is 0. The fourth-order valence-corrected chi connectivity index (χ4v) is 3.77. The number of benzene rings is 3. The Bertz CT molecular complexity index is 1080. The van der Waals surface area contributed by atoms with E-state index < -0.39 is 0 Å². The monoisotopic (exact) mass is 429 g/mol. The molecule has 3 aromatic carbocycles. The molecular weight excluding hydrogens is 402 g/mol. The van der Waals surface area contributed by atoms with E-state index in [2.05, 4.69) is 41.4 Å². The number of carbonyl (C=O) groups excluding carboxylic acids is 2. The lowest BCUT2D eigenvalue weighted by Crippen LogP contribution is -2.50. The summed E-state index contributed by atoms with van der Waals surface area (Å²) in [5, 5.41) is 2.85. The molecule has 32 heavy (non-hydrogen) atoms. The van der Waals surface area contributed by atoms with Crippen LogP contribution >= 0.6 is 0 Å². The van der Waals surface area contributed by atoms with E-state index in [4.69, 9.17) is 4.74 Å². The van der Waals surface area contributed by atoms with Gasteiger partial charge in [0, 0.05) is 37.6 Å². The van der Waals surface area contributed by atoms with Gasteiger partial charge >= 0.3 is 0 Å². The van der Waals surface area contributed by atoms with Gasteiger partial charge in [0.25, 0.3) is 11.8 Å². The molecule has 1 fully saturated rings. The zero-order valence-electron chi connectivity index (χ0n) is 18.2. The van der Waals surface area contributed by atoms with Crippen LogP contribution in [-0.2, 0) is 4.79 Å². The third-order valence-electron chi connectivity index (χ3n) is 5.51. The fraction of sp³-hybridized carbons (Fsp3) is 0.231. The van der Waals surface area contributed by atoms with Crippen molar-refractivity contribution >= 4 is 23.2 Å². The molecule has 6 nitrogen and oxygen atoms in total. The highest BCUT2D eigenvalue weighted by molar-refractivity contribution is 6.06. The van der Waals surface area contributed by atoms with E-state index in [1.807, 2.05) is 35.2 Å². The van der Waals surface area contributed by atoms with Crippen LogP contribution in [0.25, 0.3) is 0 Å². The van der Waals surface area contributed by atoms with E-state index in [0.717, 1.165) is 13.1 Å². The standard InChI is InChI=1S/C26H27N3O3/c1-20-8-7-11-22(18-20)28-14-16-29(17-15-28)25(30)19-32-24-13-6-5-12-23(24)26(31)27-21-9-3-2-4-10-21/h2-13,18H,14-17,19H2,1H3,(H,27,31). The van der Waals surface area contributed by atoms with Gasteiger partial charge in [-0.25, -0.2) is 0 Å². The van der Waals surface area contributed by atoms with E-state index in [1.54, 1.807) is 24.3 Å². The Morgan fingerprint density at radius 2 is 1.59 bits per heavy atom. The largest absolute Gasteiger partial charge is 0.483 e.